The van der Waals surface area contributed by atoms with Gasteiger partial charge in [0.15, 0.2) is 0 Å². The van der Waals surface area contributed by atoms with Crippen molar-refractivity contribution in [3.8, 4) is 5.75 Å². The molecule has 3 rings (SSSR count). The fraction of sp³-hybridized carbons (Fsp3) is 0.176. The molecule has 0 radical (unpaired) electrons. The Hall–Kier alpha value is -2.82. The van der Waals surface area contributed by atoms with Crippen LogP contribution in [0.4, 0.5) is 5.69 Å². The number of benzene rings is 2. The topological polar surface area (TPSA) is 47.4 Å². The van der Waals surface area contributed by atoms with Crippen LogP contribution in [0.15, 0.2) is 48.8 Å². The van der Waals surface area contributed by atoms with Gasteiger partial charge in [0.1, 0.15) is 5.75 Å². The lowest BCUT2D eigenvalue weighted by Crippen LogP contribution is -2.26. The van der Waals surface area contributed by atoms with Gasteiger partial charge in [-0.3, -0.25) is 4.79 Å². The van der Waals surface area contributed by atoms with Crippen molar-refractivity contribution >= 4 is 22.6 Å². The van der Waals surface area contributed by atoms with Crippen molar-refractivity contribution in [2.75, 3.05) is 19.1 Å². The molecule has 1 aromatic heterocycles. The summed E-state index contributed by atoms with van der Waals surface area (Å²) in [6.45, 7) is 0. The Morgan fingerprint density at radius 3 is 2.82 bits per heavy atom. The Kier molecular flexibility index (Phi) is 3.55. The Labute approximate surface area is 128 Å². The van der Waals surface area contributed by atoms with Crippen LogP contribution >= 0.6 is 0 Å². The molecule has 5 nitrogen and oxygen atoms in total. The molecule has 1 amide bonds. The first kappa shape index (κ1) is 14.1. The van der Waals surface area contributed by atoms with Crippen LogP contribution in [0.25, 0.3) is 11.0 Å². The van der Waals surface area contributed by atoms with E-state index in [1.54, 1.807) is 37.5 Å². The number of fused-ring (bicyclic) bond motifs is 1. The zero-order valence-electron chi connectivity index (χ0n) is 12.8. The molecule has 0 aliphatic heterocycles. The fourth-order valence-corrected chi connectivity index (χ4v) is 2.40. The SMILES string of the molecule is COc1cccc(C(=O)N(C)c2ccc3c(c2)ncn3C)c1. The number of imidazole rings is 1. The molecule has 0 aliphatic rings. The number of carbonyl (C=O) groups is 1. The minimum atomic E-state index is -0.0887. The van der Waals surface area contributed by atoms with Crippen molar-refractivity contribution < 1.29 is 9.53 Å². The highest BCUT2D eigenvalue weighted by molar-refractivity contribution is 6.06. The Morgan fingerprint density at radius 1 is 1.23 bits per heavy atom. The van der Waals surface area contributed by atoms with E-state index >= 15 is 0 Å². The normalized spacial score (nSPS) is 10.7. The average molecular weight is 295 g/mol. The number of amides is 1. The van der Waals surface area contributed by atoms with E-state index in [1.807, 2.05) is 41.9 Å². The highest BCUT2D eigenvalue weighted by Gasteiger charge is 2.15. The number of anilines is 1. The molecule has 0 fully saturated rings. The standard InChI is InChI=1S/C17H17N3O2/c1-19-11-18-15-10-13(7-8-16(15)19)20(2)17(21)12-5-4-6-14(9-12)22-3/h4-11H,1-3H3. The molecular formula is C17H17N3O2. The first-order chi connectivity index (χ1) is 10.6. The first-order valence-corrected chi connectivity index (χ1v) is 6.93. The van der Waals surface area contributed by atoms with Gasteiger partial charge in [-0.1, -0.05) is 6.07 Å². The van der Waals surface area contributed by atoms with Crippen LogP contribution in [-0.2, 0) is 7.05 Å². The number of methoxy groups -OCH3 is 1. The van der Waals surface area contributed by atoms with Gasteiger partial charge in [-0.2, -0.15) is 0 Å². The van der Waals surface area contributed by atoms with Gasteiger partial charge in [-0.05, 0) is 36.4 Å². The zero-order chi connectivity index (χ0) is 15.7. The predicted molar refractivity (Wildman–Crippen MR) is 86.4 cm³/mol. The van der Waals surface area contributed by atoms with Crippen LogP contribution in [0, 0.1) is 0 Å². The second-order valence-corrected chi connectivity index (χ2v) is 5.12. The summed E-state index contributed by atoms with van der Waals surface area (Å²) in [4.78, 5) is 18.5. The Balaban J connectivity index is 1.93. The zero-order valence-corrected chi connectivity index (χ0v) is 12.8. The van der Waals surface area contributed by atoms with Gasteiger partial charge < -0.3 is 14.2 Å². The number of nitrogens with zero attached hydrogens (tertiary/aromatic N) is 3. The highest BCUT2D eigenvalue weighted by atomic mass is 16.5. The average Bonchev–Trinajstić information content (AvgIpc) is 2.94. The van der Waals surface area contributed by atoms with Gasteiger partial charge in [0, 0.05) is 25.3 Å². The number of hydrogen-bond donors (Lipinski definition) is 0. The largest absolute Gasteiger partial charge is 0.497 e. The lowest BCUT2D eigenvalue weighted by Gasteiger charge is -2.18. The molecular weight excluding hydrogens is 278 g/mol. The van der Waals surface area contributed by atoms with Gasteiger partial charge >= 0.3 is 0 Å². The Morgan fingerprint density at radius 2 is 2.05 bits per heavy atom. The third-order valence-corrected chi connectivity index (χ3v) is 3.72. The molecule has 0 N–H and O–H groups in total. The highest BCUT2D eigenvalue weighted by Crippen LogP contribution is 2.22. The van der Waals surface area contributed by atoms with Gasteiger partial charge in [0.2, 0.25) is 0 Å². The molecule has 0 saturated carbocycles. The summed E-state index contributed by atoms with van der Waals surface area (Å²) in [6, 6.07) is 12.9. The second-order valence-electron chi connectivity index (χ2n) is 5.12. The maximum absolute atomic E-state index is 12.6. The van der Waals surface area contributed by atoms with E-state index in [4.69, 9.17) is 4.74 Å². The van der Waals surface area contributed by atoms with Crippen LogP contribution in [0.3, 0.4) is 0 Å². The maximum atomic E-state index is 12.6. The predicted octanol–water partition coefficient (Wildman–Crippen LogP) is 2.86. The van der Waals surface area contributed by atoms with E-state index in [-0.39, 0.29) is 5.91 Å². The molecule has 0 spiro atoms. The van der Waals surface area contributed by atoms with Gasteiger partial charge in [0.05, 0.1) is 24.5 Å². The van der Waals surface area contributed by atoms with Crippen LogP contribution < -0.4 is 9.64 Å². The molecule has 0 saturated heterocycles. The molecule has 3 aromatic rings. The number of rotatable bonds is 3. The van der Waals surface area contributed by atoms with E-state index in [1.165, 1.54) is 0 Å². The summed E-state index contributed by atoms with van der Waals surface area (Å²) in [5.74, 6) is 0.577. The molecule has 0 bridgehead atoms. The number of ether oxygens (including phenoxy) is 1. The summed E-state index contributed by atoms with van der Waals surface area (Å²) in [6.07, 6.45) is 1.76. The quantitative estimate of drug-likeness (QED) is 0.746. The molecule has 22 heavy (non-hydrogen) atoms. The van der Waals surface area contributed by atoms with E-state index in [0.717, 1.165) is 16.7 Å². The molecule has 2 aromatic carbocycles. The summed E-state index contributed by atoms with van der Waals surface area (Å²) < 4.78 is 7.11. The van der Waals surface area contributed by atoms with Crippen LogP contribution in [0.2, 0.25) is 0 Å². The van der Waals surface area contributed by atoms with E-state index in [0.29, 0.717) is 11.3 Å². The van der Waals surface area contributed by atoms with Crippen molar-refractivity contribution in [1.29, 1.82) is 0 Å². The number of hydrogen-bond acceptors (Lipinski definition) is 3. The van der Waals surface area contributed by atoms with Crippen LogP contribution in [-0.4, -0.2) is 29.6 Å². The lowest BCUT2D eigenvalue weighted by molar-refractivity contribution is 0.0992. The smallest absolute Gasteiger partial charge is 0.258 e. The van der Waals surface area contributed by atoms with Crippen molar-refractivity contribution in [3.63, 3.8) is 0 Å². The number of carbonyl (C=O) groups excluding carboxylic acids is 1. The van der Waals surface area contributed by atoms with Crippen LogP contribution in [0.5, 0.6) is 5.75 Å². The minimum absolute atomic E-state index is 0.0887. The van der Waals surface area contributed by atoms with E-state index in [9.17, 15) is 4.79 Å². The molecule has 0 aliphatic carbocycles. The third kappa shape index (κ3) is 2.41. The fourth-order valence-electron chi connectivity index (χ4n) is 2.40. The number of aromatic nitrogens is 2. The van der Waals surface area contributed by atoms with Crippen molar-refractivity contribution in [2.45, 2.75) is 0 Å². The third-order valence-electron chi connectivity index (χ3n) is 3.72. The van der Waals surface area contributed by atoms with Gasteiger partial charge in [0.25, 0.3) is 5.91 Å². The first-order valence-electron chi connectivity index (χ1n) is 6.93. The molecule has 0 atom stereocenters. The van der Waals surface area contributed by atoms with E-state index in [2.05, 4.69) is 4.98 Å². The molecule has 0 unspecified atom stereocenters. The molecule has 1 heterocycles. The summed E-state index contributed by atoms with van der Waals surface area (Å²) in [5.41, 5.74) is 3.29. The van der Waals surface area contributed by atoms with Gasteiger partial charge in [-0.25, -0.2) is 4.98 Å². The van der Waals surface area contributed by atoms with Crippen molar-refractivity contribution in [1.82, 2.24) is 9.55 Å². The summed E-state index contributed by atoms with van der Waals surface area (Å²) in [7, 11) is 5.29. The summed E-state index contributed by atoms with van der Waals surface area (Å²) >= 11 is 0. The van der Waals surface area contributed by atoms with E-state index < -0.39 is 0 Å². The lowest BCUT2D eigenvalue weighted by atomic mass is 10.1. The molecule has 112 valence electrons. The summed E-state index contributed by atoms with van der Waals surface area (Å²) in [5, 5.41) is 0. The molecule has 5 heteroatoms. The maximum Gasteiger partial charge on any atom is 0.258 e. The second kappa shape index (κ2) is 5.52. The minimum Gasteiger partial charge on any atom is -0.497 e. The Bertz CT molecular complexity index is 839. The number of aryl methyl sites for hydroxylation is 1. The van der Waals surface area contributed by atoms with Crippen molar-refractivity contribution in [2.24, 2.45) is 7.05 Å². The van der Waals surface area contributed by atoms with Crippen molar-refractivity contribution in [3.05, 3.63) is 54.4 Å². The van der Waals surface area contributed by atoms with Crippen LogP contribution in [0.1, 0.15) is 10.4 Å². The monoisotopic (exact) mass is 295 g/mol. The van der Waals surface area contributed by atoms with Gasteiger partial charge in [-0.15, -0.1) is 0 Å².